The van der Waals surface area contributed by atoms with Gasteiger partial charge in [-0.15, -0.1) is 0 Å². The van der Waals surface area contributed by atoms with Crippen LogP contribution in [0.5, 0.6) is 5.75 Å². The Morgan fingerprint density at radius 3 is 2.38 bits per heavy atom. The van der Waals surface area contributed by atoms with Gasteiger partial charge in [-0.2, -0.15) is 0 Å². The molecule has 4 aromatic carbocycles. The summed E-state index contributed by atoms with van der Waals surface area (Å²) in [5.74, 6) is 1.54. The van der Waals surface area contributed by atoms with Crippen LogP contribution in [0.25, 0.3) is 10.8 Å². The van der Waals surface area contributed by atoms with Gasteiger partial charge >= 0.3 is 0 Å². The molecular formula is C29H25N3O2. The number of para-hydroxylation sites is 1. The summed E-state index contributed by atoms with van der Waals surface area (Å²) in [4.78, 5) is 2.43. The molecule has 0 radical (unpaired) electrons. The molecule has 34 heavy (non-hydrogen) atoms. The summed E-state index contributed by atoms with van der Waals surface area (Å²) < 4.78 is 11.2. The number of aryl methyl sites for hydroxylation is 1. The second-order valence-corrected chi connectivity index (χ2v) is 8.54. The monoisotopic (exact) mass is 447 g/mol. The Hall–Kier alpha value is -4.25. The van der Waals surface area contributed by atoms with E-state index in [0.717, 1.165) is 28.3 Å². The highest BCUT2D eigenvalue weighted by Gasteiger charge is 2.40. The Morgan fingerprint density at radius 1 is 0.853 bits per heavy atom. The summed E-state index contributed by atoms with van der Waals surface area (Å²) >= 11 is 0. The van der Waals surface area contributed by atoms with Crippen LogP contribution in [-0.4, -0.2) is 12.3 Å². The van der Waals surface area contributed by atoms with Gasteiger partial charge in [-0.1, -0.05) is 78.0 Å². The first-order valence-corrected chi connectivity index (χ1v) is 11.4. The fourth-order valence-corrected chi connectivity index (χ4v) is 5.01. The van der Waals surface area contributed by atoms with Crippen molar-refractivity contribution in [3.05, 3.63) is 119 Å². The van der Waals surface area contributed by atoms with Gasteiger partial charge in [0.1, 0.15) is 11.9 Å². The lowest BCUT2D eigenvalue weighted by atomic mass is 9.89. The Balaban J connectivity index is 1.62. The molecule has 0 aliphatic carbocycles. The fraction of sp³-hybridized carbons (Fsp3) is 0.138. The molecule has 0 bridgehead atoms. The molecule has 1 aliphatic heterocycles. The normalized spacial score (nSPS) is 17.3. The van der Waals surface area contributed by atoms with Crippen molar-refractivity contribution >= 4 is 22.3 Å². The largest absolute Gasteiger partial charge is 0.497 e. The molecular weight excluding hydrogens is 422 g/mol. The second kappa shape index (κ2) is 8.27. The van der Waals surface area contributed by atoms with Gasteiger partial charge in [-0.3, -0.25) is 0 Å². The molecule has 5 heteroatoms. The molecule has 1 aromatic heterocycles. The van der Waals surface area contributed by atoms with Crippen molar-refractivity contribution in [1.82, 2.24) is 5.16 Å². The smallest absolute Gasteiger partial charge is 0.232 e. The van der Waals surface area contributed by atoms with E-state index in [1.54, 1.807) is 7.11 Å². The number of anilines is 2. The minimum Gasteiger partial charge on any atom is -0.497 e. The SMILES string of the molecule is COc1ccc(C2Nc3onc(C)c3C(c3cccc4ccccc34)N2c2ccccc2)cc1. The van der Waals surface area contributed by atoms with Gasteiger partial charge in [0.05, 0.1) is 24.4 Å². The van der Waals surface area contributed by atoms with E-state index in [0.29, 0.717) is 5.88 Å². The van der Waals surface area contributed by atoms with Crippen molar-refractivity contribution in [3.8, 4) is 5.75 Å². The highest BCUT2D eigenvalue weighted by atomic mass is 16.5. The van der Waals surface area contributed by atoms with Crippen molar-refractivity contribution in [2.75, 3.05) is 17.3 Å². The van der Waals surface area contributed by atoms with Crippen LogP contribution in [0.15, 0.2) is 102 Å². The zero-order chi connectivity index (χ0) is 23.1. The van der Waals surface area contributed by atoms with Crippen LogP contribution in [0.3, 0.4) is 0 Å². The summed E-state index contributed by atoms with van der Waals surface area (Å²) in [6.45, 7) is 2.01. The highest BCUT2D eigenvalue weighted by Crippen LogP contribution is 2.49. The standard InChI is InChI=1S/C29H25N3O2/c1-19-26-27(25-14-8-10-20-9-6-7-13-24(20)25)32(22-11-4-3-5-12-22)28(30-29(26)34-31-19)21-15-17-23(33-2)18-16-21/h3-18,27-28,30H,1-2H3. The van der Waals surface area contributed by atoms with E-state index in [4.69, 9.17) is 9.26 Å². The van der Waals surface area contributed by atoms with Crippen LogP contribution in [0.2, 0.25) is 0 Å². The molecule has 0 saturated heterocycles. The molecule has 2 heterocycles. The van der Waals surface area contributed by atoms with Crippen molar-refractivity contribution < 1.29 is 9.26 Å². The van der Waals surface area contributed by atoms with Crippen molar-refractivity contribution in [2.45, 2.75) is 19.1 Å². The summed E-state index contributed by atoms with van der Waals surface area (Å²) in [7, 11) is 1.68. The maximum absolute atomic E-state index is 5.82. The second-order valence-electron chi connectivity index (χ2n) is 8.54. The predicted molar refractivity (Wildman–Crippen MR) is 135 cm³/mol. The molecule has 0 saturated carbocycles. The first kappa shape index (κ1) is 20.4. The predicted octanol–water partition coefficient (Wildman–Crippen LogP) is 6.87. The maximum Gasteiger partial charge on any atom is 0.232 e. The number of rotatable bonds is 4. The van der Waals surface area contributed by atoms with Crippen LogP contribution in [-0.2, 0) is 0 Å². The molecule has 5 nitrogen and oxygen atoms in total. The number of aromatic nitrogens is 1. The van der Waals surface area contributed by atoms with E-state index in [9.17, 15) is 0 Å². The number of hydrogen-bond donors (Lipinski definition) is 1. The number of ether oxygens (including phenoxy) is 1. The van der Waals surface area contributed by atoms with Gasteiger partial charge in [0, 0.05) is 5.69 Å². The maximum atomic E-state index is 5.82. The number of benzene rings is 4. The number of methoxy groups -OCH3 is 1. The number of fused-ring (bicyclic) bond motifs is 2. The average Bonchev–Trinajstić information content (AvgIpc) is 3.28. The lowest BCUT2D eigenvalue weighted by Gasteiger charge is -2.44. The molecule has 0 spiro atoms. The minimum atomic E-state index is -0.169. The van der Waals surface area contributed by atoms with E-state index >= 15 is 0 Å². The lowest BCUT2D eigenvalue weighted by Crippen LogP contribution is -2.41. The van der Waals surface area contributed by atoms with E-state index < -0.39 is 0 Å². The summed E-state index contributed by atoms with van der Waals surface area (Å²) in [6.07, 6.45) is -0.169. The molecule has 6 rings (SSSR count). The minimum absolute atomic E-state index is 0.0944. The number of nitrogens with zero attached hydrogens (tertiary/aromatic N) is 2. The molecule has 2 atom stereocenters. The van der Waals surface area contributed by atoms with Crippen LogP contribution in [0.4, 0.5) is 11.6 Å². The van der Waals surface area contributed by atoms with Gasteiger partial charge in [-0.25, -0.2) is 0 Å². The average molecular weight is 448 g/mol. The third kappa shape index (κ3) is 3.28. The lowest BCUT2D eigenvalue weighted by molar-refractivity contribution is 0.413. The molecule has 0 amide bonds. The van der Waals surface area contributed by atoms with E-state index in [1.165, 1.54) is 16.3 Å². The summed E-state index contributed by atoms with van der Waals surface area (Å²) in [5, 5.41) is 10.4. The number of nitrogens with one attached hydrogen (secondary N) is 1. The van der Waals surface area contributed by atoms with Crippen LogP contribution in [0, 0.1) is 6.92 Å². The van der Waals surface area contributed by atoms with Gasteiger partial charge in [0.25, 0.3) is 0 Å². The highest BCUT2D eigenvalue weighted by molar-refractivity contribution is 5.87. The molecule has 168 valence electrons. The van der Waals surface area contributed by atoms with Crippen molar-refractivity contribution in [3.63, 3.8) is 0 Å². The van der Waals surface area contributed by atoms with E-state index in [2.05, 4.69) is 94.2 Å². The Kier molecular flexibility index (Phi) is 4.95. The quantitative estimate of drug-likeness (QED) is 0.326. The molecule has 2 unspecified atom stereocenters. The van der Waals surface area contributed by atoms with Crippen LogP contribution in [0.1, 0.15) is 34.6 Å². The molecule has 0 fully saturated rings. The van der Waals surface area contributed by atoms with Crippen molar-refractivity contribution in [2.24, 2.45) is 0 Å². The molecule has 1 N–H and O–H groups in total. The third-order valence-corrected chi connectivity index (χ3v) is 6.61. The van der Waals surface area contributed by atoms with Crippen LogP contribution >= 0.6 is 0 Å². The van der Waals surface area contributed by atoms with Gasteiger partial charge in [-0.05, 0) is 53.1 Å². The van der Waals surface area contributed by atoms with Crippen LogP contribution < -0.4 is 15.0 Å². The van der Waals surface area contributed by atoms with Gasteiger partial charge in [0.2, 0.25) is 5.88 Å². The fourth-order valence-electron chi connectivity index (χ4n) is 5.01. The zero-order valence-electron chi connectivity index (χ0n) is 19.1. The van der Waals surface area contributed by atoms with Crippen molar-refractivity contribution in [1.29, 1.82) is 0 Å². The Bertz CT molecular complexity index is 1440. The Labute approximate surface area is 198 Å². The molecule has 1 aliphatic rings. The Morgan fingerprint density at radius 2 is 1.59 bits per heavy atom. The zero-order valence-corrected chi connectivity index (χ0v) is 19.1. The third-order valence-electron chi connectivity index (χ3n) is 6.61. The first-order valence-electron chi connectivity index (χ1n) is 11.4. The van der Waals surface area contributed by atoms with E-state index in [1.807, 2.05) is 25.1 Å². The topological polar surface area (TPSA) is 50.5 Å². The summed E-state index contributed by atoms with van der Waals surface area (Å²) in [5.41, 5.74) is 5.38. The molecule has 5 aromatic rings. The van der Waals surface area contributed by atoms with E-state index in [-0.39, 0.29) is 12.2 Å². The first-order chi connectivity index (χ1) is 16.7. The van der Waals surface area contributed by atoms with Gasteiger partial charge < -0.3 is 19.5 Å². The number of hydrogen-bond acceptors (Lipinski definition) is 5. The van der Waals surface area contributed by atoms with Gasteiger partial charge in [0.15, 0.2) is 0 Å². The summed E-state index contributed by atoms with van der Waals surface area (Å²) in [6, 6.07) is 33.7.